The van der Waals surface area contributed by atoms with Crippen LogP contribution in [0.4, 0.5) is 5.69 Å². The van der Waals surface area contributed by atoms with Crippen molar-refractivity contribution in [3.63, 3.8) is 0 Å². The third-order valence-corrected chi connectivity index (χ3v) is 13.8. The van der Waals surface area contributed by atoms with Crippen LogP contribution in [-0.2, 0) is 5.41 Å². The molecule has 1 N–H and O–H groups in total. The second-order valence-electron chi connectivity index (χ2n) is 17.7. The van der Waals surface area contributed by atoms with Crippen LogP contribution in [0.2, 0.25) is 0 Å². The molecular formula is C67H51N3. The highest BCUT2D eigenvalue weighted by molar-refractivity contribution is 6.15. The number of nitrogens with zero attached hydrogens (tertiary/aromatic N) is 2. The lowest BCUT2D eigenvalue weighted by molar-refractivity contribution is 0.768. The van der Waals surface area contributed by atoms with Crippen molar-refractivity contribution < 1.29 is 0 Å². The second-order valence-corrected chi connectivity index (χ2v) is 17.7. The minimum absolute atomic E-state index is 0.254. The van der Waals surface area contributed by atoms with Gasteiger partial charge in [0.1, 0.15) is 0 Å². The summed E-state index contributed by atoms with van der Waals surface area (Å²) in [6, 6.07) is 91.0. The number of fused-ring (bicyclic) bond motifs is 6. The van der Waals surface area contributed by atoms with Gasteiger partial charge in [-0.3, -0.25) is 9.69 Å². The summed E-state index contributed by atoms with van der Waals surface area (Å²) in [4.78, 5) is 0. The predicted molar refractivity (Wildman–Crippen MR) is 296 cm³/mol. The summed E-state index contributed by atoms with van der Waals surface area (Å²) in [5.74, 6) is 0. The zero-order chi connectivity index (χ0) is 47.4. The summed E-state index contributed by atoms with van der Waals surface area (Å²) < 4.78 is 2.35. The monoisotopic (exact) mass is 897 g/mol. The molecular weight excluding hydrogens is 847 g/mol. The molecule has 1 heterocycles. The molecule has 10 aromatic carbocycles. The van der Waals surface area contributed by atoms with Gasteiger partial charge < -0.3 is 5.41 Å². The summed E-state index contributed by atoms with van der Waals surface area (Å²) in [5, 5.41) is 13.0. The summed E-state index contributed by atoms with van der Waals surface area (Å²) in [6.45, 7) is 3.73. The van der Waals surface area contributed by atoms with Gasteiger partial charge >= 0.3 is 0 Å². The standard InChI is InChI=1S/C42H33N3.C25H18/c1-3-4-20-40(43)33-21-24-36(25-22-33)44(2)45-41-29-34(30-14-8-5-9-15-30)23-26-37(41)39-28-35(31-16-10-6-11-17-31)27-38(42(39)45)32-18-12-7-13-19-32;1-3-11-19(12-4-1)25(20-13-5-2-6-14-20)23-17-9-7-15-21(23)22-16-8-10-18-24(22)25/h3-29,43H,1H2,2H3;1-18H/b20-4-,43-40?;. The van der Waals surface area contributed by atoms with E-state index >= 15 is 0 Å². The van der Waals surface area contributed by atoms with E-state index < -0.39 is 0 Å². The highest BCUT2D eigenvalue weighted by Crippen LogP contribution is 2.56. The van der Waals surface area contributed by atoms with Gasteiger partial charge in [-0.15, -0.1) is 0 Å². The molecule has 0 bridgehead atoms. The number of hydrogen-bond donors (Lipinski definition) is 1. The fraction of sp³-hybridized carbons (Fsp3) is 0.0299. The van der Waals surface area contributed by atoms with Crippen LogP contribution in [0.15, 0.2) is 280 Å². The van der Waals surface area contributed by atoms with Gasteiger partial charge in [0.2, 0.25) is 0 Å². The number of benzene rings is 10. The van der Waals surface area contributed by atoms with Crippen molar-refractivity contribution >= 4 is 33.2 Å². The van der Waals surface area contributed by atoms with Crippen molar-refractivity contribution in [1.29, 1.82) is 5.41 Å². The number of aromatic nitrogens is 1. The Morgan fingerprint density at radius 3 is 1.49 bits per heavy atom. The van der Waals surface area contributed by atoms with Crippen molar-refractivity contribution in [2.45, 2.75) is 5.41 Å². The Balaban J connectivity index is 0.000000179. The average Bonchev–Trinajstić information content (AvgIpc) is 3.94. The van der Waals surface area contributed by atoms with Crippen molar-refractivity contribution in [1.82, 2.24) is 4.68 Å². The minimum Gasteiger partial charge on any atom is -0.300 e. The van der Waals surface area contributed by atoms with Crippen LogP contribution >= 0.6 is 0 Å². The Morgan fingerprint density at radius 2 is 0.943 bits per heavy atom. The smallest absolute Gasteiger partial charge is 0.0790 e. The Hall–Kier alpha value is -9.05. The SMILES string of the molecule is C=C/C=C\C(=N)c1ccc(N(C)n2c3cc(-c4ccccc4)ccc3c3cc(-c4ccccc4)cc(-c4ccccc4)c32)cc1.c1ccc(C2(c3ccccc3)c3ccccc3-c3ccccc32)cc1. The minimum atomic E-state index is -0.254. The van der Waals surface area contributed by atoms with Crippen molar-refractivity contribution in [2.24, 2.45) is 0 Å². The molecule has 70 heavy (non-hydrogen) atoms. The van der Waals surface area contributed by atoms with Crippen LogP contribution in [0, 0.1) is 5.41 Å². The molecule has 0 amide bonds. The van der Waals surface area contributed by atoms with Gasteiger partial charge in [0.25, 0.3) is 0 Å². The molecule has 12 rings (SSSR count). The summed E-state index contributed by atoms with van der Waals surface area (Å²) in [6.07, 6.45) is 5.25. The highest BCUT2D eigenvalue weighted by atomic mass is 15.5. The van der Waals surface area contributed by atoms with E-state index in [2.05, 4.69) is 266 Å². The Morgan fingerprint density at radius 1 is 0.457 bits per heavy atom. The Kier molecular flexibility index (Phi) is 11.8. The van der Waals surface area contributed by atoms with Gasteiger partial charge in [-0.05, 0) is 103 Å². The molecule has 0 aliphatic heterocycles. The number of anilines is 1. The molecule has 11 aromatic rings. The first-order valence-electron chi connectivity index (χ1n) is 23.9. The zero-order valence-corrected chi connectivity index (χ0v) is 39.1. The maximum atomic E-state index is 8.43. The molecule has 0 spiro atoms. The predicted octanol–water partition coefficient (Wildman–Crippen LogP) is 16.9. The van der Waals surface area contributed by atoms with E-state index in [-0.39, 0.29) is 5.41 Å². The van der Waals surface area contributed by atoms with Crippen LogP contribution in [0.1, 0.15) is 27.8 Å². The lowest BCUT2D eigenvalue weighted by Gasteiger charge is -2.33. The fourth-order valence-electron chi connectivity index (χ4n) is 10.5. The molecule has 0 radical (unpaired) electrons. The zero-order valence-electron chi connectivity index (χ0n) is 39.1. The lowest BCUT2D eigenvalue weighted by Crippen LogP contribution is -2.28. The number of hydrogen-bond acceptors (Lipinski definition) is 2. The molecule has 0 unspecified atom stereocenters. The molecule has 1 aromatic heterocycles. The van der Waals surface area contributed by atoms with Gasteiger partial charge in [-0.1, -0.05) is 243 Å². The van der Waals surface area contributed by atoms with Gasteiger partial charge in [-0.25, -0.2) is 0 Å². The largest absolute Gasteiger partial charge is 0.300 e. The number of rotatable bonds is 10. The van der Waals surface area contributed by atoms with Gasteiger partial charge in [0.05, 0.1) is 27.8 Å². The molecule has 334 valence electrons. The first-order chi connectivity index (χ1) is 34.5. The lowest BCUT2D eigenvalue weighted by atomic mass is 9.68. The summed E-state index contributed by atoms with van der Waals surface area (Å²) >= 11 is 0. The van der Waals surface area contributed by atoms with Crippen LogP contribution in [0.3, 0.4) is 0 Å². The number of nitrogens with one attached hydrogen (secondary N) is 1. The molecule has 3 nitrogen and oxygen atoms in total. The first kappa shape index (κ1) is 43.5. The van der Waals surface area contributed by atoms with Gasteiger partial charge in [0.15, 0.2) is 0 Å². The third kappa shape index (κ3) is 7.74. The van der Waals surface area contributed by atoms with Crippen LogP contribution in [0.25, 0.3) is 66.3 Å². The average molecular weight is 898 g/mol. The summed E-state index contributed by atoms with van der Waals surface area (Å²) in [5.41, 5.74) is 19.5. The molecule has 1 aliphatic carbocycles. The van der Waals surface area contributed by atoms with E-state index in [4.69, 9.17) is 5.41 Å². The van der Waals surface area contributed by atoms with Crippen LogP contribution in [0.5, 0.6) is 0 Å². The van der Waals surface area contributed by atoms with E-state index in [1.54, 1.807) is 18.2 Å². The van der Waals surface area contributed by atoms with Gasteiger partial charge in [-0.2, -0.15) is 0 Å². The van der Waals surface area contributed by atoms with Crippen LogP contribution < -0.4 is 5.01 Å². The van der Waals surface area contributed by atoms with E-state index in [0.717, 1.165) is 22.3 Å². The molecule has 0 atom stereocenters. The topological polar surface area (TPSA) is 32.0 Å². The Bertz CT molecular complexity index is 3580. The second kappa shape index (κ2) is 18.9. The normalized spacial score (nSPS) is 12.2. The Labute approximate surface area is 410 Å². The first-order valence-corrected chi connectivity index (χ1v) is 23.9. The maximum Gasteiger partial charge on any atom is 0.0790 e. The fourth-order valence-corrected chi connectivity index (χ4v) is 10.5. The number of allylic oxidation sites excluding steroid dienone is 3. The molecule has 1 aliphatic rings. The van der Waals surface area contributed by atoms with E-state index in [9.17, 15) is 0 Å². The van der Waals surface area contributed by atoms with Crippen molar-refractivity contribution in [2.75, 3.05) is 12.1 Å². The van der Waals surface area contributed by atoms with Crippen LogP contribution in [-0.4, -0.2) is 17.4 Å². The van der Waals surface area contributed by atoms with E-state index in [1.165, 1.54) is 77.5 Å². The van der Waals surface area contributed by atoms with Gasteiger partial charge in [0, 0.05) is 23.4 Å². The third-order valence-electron chi connectivity index (χ3n) is 13.8. The molecule has 0 saturated heterocycles. The molecule has 3 heteroatoms. The summed E-state index contributed by atoms with van der Waals surface area (Å²) in [7, 11) is 2.12. The molecule has 0 fully saturated rings. The quantitative estimate of drug-likeness (QED) is 0.108. The highest BCUT2D eigenvalue weighted by Gasteiger charge is 2.45. The van der Waals surface area contributed by atoms with Crippen molar-refractivity contribution in [3.05, 3.63) is 307 Å². The molecule has 0 saturated carbocycles. The maximum absolute atomic E-state index is 8.43. The van der Waals surface area contributed by atoms with E-state index in [1.807, 2.05) is 12.1 Å². The van der Waals surface area contributed by atoms with E-state index in [0.29, 0.717) is 5.71 Å². The van der Waals surface area contributed by atoms with Crippen molar-refractivity contribution in [3.8, 4) is 44.5 Å².